The Morgan fingerprint density at radius 2 is 2.21 bits per heavy atom. The number of hydrogen-bond donors (Lipinski definition) is 1. The standard InChI is InChI=1S/C12H12ClNO5/c13-9-6-8(2-3-10(9)14(17)18)19-12(4-1-5-12)7-11(15)16/h2-3,6H,1,4-5,7H2,(H,15,16). The van der Waals surface area contributed by atoms with Crippen LogP contribution in [-0.2, 0) is 4.79 Å². The van der Waals surface area contributed by atoms with Crippen LogP contribution in [0.25, 0.3) is 0 Å². The molecule has 6 nitrogen and oxygen atoms in total. The van der Waals surface area contributed by atoms with Gasteiger partial charge in [-0.1, -0.05) is 11.6 Å². The number of rotatable bonds is 5. The number of carboxylic acids is 1. The minimum Gasteiger partial charge on any atom is -0.487 e. The number of aliphatic carboxylic acids is 1. The van der Waals surface area contributed by atoms with E-state index in [2.05, 4.69) is 0 Å². The first-order valence-electron chi connectivity index (χ1n) is 5.77. The highest BCUT2D eigenvalue weighted by Crippen LogP contribution is 2.40. The van der Waals surface area contributed by atoms with Crippen LogP contribution in [0.5, 0.6) is 5.75 Å². The molecule has 0 bridgehead atoms. The van der Waals surface area contributed by atoms with E-state index in [1.807, 2.05) is 0 Å². The lowest BCUT2D eigenvalue weighted by molar-refractivity contribution is -0.384. The SMILES string of the molecule is O=C(O)CC1(Oc2ccc([N+](=O)[O-])c(Cl)c2)CCC1. The van der Waals surface area contributed by atoms with Crippen molar-refractivity contribution in [1.29, 1.82) is 0 Å². The lowest BCUT2D eigenvalue weighted by Crippen LogP contribution is -2.45. The van der Waals surface area contributed by atoms with Crippen LogP contribution in [-0.4, -0.2) is 21.6 Å². The molecule has 0 spiro atoms. The maximum atomic E-state index is 10.8. The van der Waals surface area contributed by atoms with Gasteiger partial charge in [-0.15, -0.1) is 0 Å². The maximum Gasteiger partial charge on any atom is 0.307 e. The number of ether oxygens (including phenoxy) is 1. The summed E-state index contributed by atoms with van der Waals surface area (Å²) in [5.41, 5.74) is -0.902. The molecule has 1 saturated carbocycles. The van der Waals surface area contributed by atoms with Crippen LogP contribution < -0.4 is 4.74 Å². The van der Waals surface area contributed by atoms with Crippen molar-refractivity contribution in [1.82, 2.24) is 0 Å². The molecule has 102 valence electrons. The van der Waals surface area contributed by atoms with E-state index >= 15 is 0 Å². The van der Waals surface area contributed by atoms with Crippen LogP contribution in [0.15, 0.2) is 18.2 Å². The molecule has 1 aromatic rings. The Morgan fingerprint density at radius 3 is 2.63 bits per heavy atom. The van der Waals surface area contributed by atoms with Gasteiger partial charge in [0, 0.05) is 12.1 Å². The molecule has 0 saturated heterocycles. The summed E-state index contributed by atoms with van der Waals surface area (Å²) < 4.78 is 5.68. The zero-order valence-electron chi connectivity index (χ0n) is 9.97. The van der Waals surface area contributed by atoms with Gasteiger partial charge in [-0.2, -0.15) is 0 Å². The fourth-order valence-electron chi connectivity index (χ4n) is 2.11. The molecule has 7 heteroatoms. The van der Waals surface area contributed by atoms with E-state index in [9.17, 15) is 14.9 Å². The van der Waals surface area contributed by atoms with Gasteiger partial charge in [0.05, 0.1) is 11.3 Å². The maximum absolute atomic E-state index is 10.8. The number of nitro groups is 1. The summed E-state index contributed by atoms with van der Waals surface area (Å²) in [5, 5.41) is 19.5. The number of carboxylic acid groups (broad SMARTS) is 1. The Morgan fingerprint density at radius 1 is 1.53 bits per heavy atom. The molecule has 0 atom stereocenters. The Labute approximate surface area is 114 Å². The van der Waals surface area contributed by atoms with Crippen molar-refractivity contribution >= 4 is 23.3 Å². The van der Waals surface area contributed by atoms with E-state index < -0.39 is 16.5 Å². The highest BCUT2D eigenvalue weighted by molar-refractivity contribution is 6.32. The fourth-order valence-corrected chi connectivity index (χ4v) is 2.35. The number of nitrogens with zero attached hydrogens (tertiary/aromatic N) is 1. The van der Waals surface area contributed by atoms with Crippen LogP contribution >= 0.6 is 11.6 Å². The monoisotopic (exact) mass is 285 g/mol. The second kappa shape index (κ2) is 5.05. The molecule has 19 heavy (non-hydrogen) atoms. The summed E-state index contributed by atoms with van der Waals surface area (Å²) in [6.45, 7) is 0. The third-order valence-electron chi connectivity index (χ3n) is 3.19. The van der Waals surface area contributed by atoms with Crippen LogP contribution in [0.3, 0.4) is 0 Å². The van der Waals surface area contributed by atoms with Gasteiger partial charge in [-0.25, -0.2) is 0 Å². The highest BCUT2D eigenvalue weighted by atomic mass is 35.5. The summed E-state index contributed by atoms with van der Waals surface area (Å²) >= 11 is 5.78. The van der Waals surface area contributed by atoms with Gasteiger partial charge < -0.3 is 9.84 Å². The molecule has 0 aromatic heterocycles. The normalized spacial score (nSPS) is 16.5. The first kappa shape index (κ1) is 13.6. The van der Waals surface area contributed by atoms with Gasteiger partial charge in [-0.3, -0.25) is 14.9 Å². The van der Waals surface area contributed by atoms with Crippen LogP contribution in [0.2, 0.25) is 5.02 Å². The second-order valence-electron chi connectivity index (χ2n) is 4.58. The van der Waals surface area contributed by atoms with E-state index in [0.29, 0.717) is 18.6 Å². The second-order valence-corrected chi connectivity index (χ2v) is 4.99. The van der Waals surface area contributed by atoms with Crippen molar-refractivity contribution in [3.63, 3.8) is 0 Å². The van der Waals surface area contributed by atoms with Crippen molar-refractivity contribution in [2.75, 3.05) is 0 Å². The fraction of sp³-hybridized carbons (Fsp3) is 0.417. The van der Waals surface area contributed by atoms with E-state index in [4.69, 9.17) is 21.4 Å². The van der Waals surface area contributed by atoms with Gasteiger partial charge in [0.2, 0.25) is 0 Å². The number of benzene rings is 1. The van der Waals surface area contributed by atoms with E-state index in [1.54, 1.807) is 0 Å². The van der Waals surface area contributed by atoms with Crippen molar-refractivity contribution < 1.29 is 19.6 Å². The molecule has 1 fully saturated rings. The minimum absolute atomic E-state index is 0.0210. The summed E-state index contributed by atoms with van der Waals surface area (Å²) in [7, 11) is 0. The minimum atomic E-state index is -0.923. The molecule has 1 N–H and O–H groups in total. The summed E-state index contributed by atoms with van der Waals surface area (Å²) in [6, 6.07) is 4.04. The molecule has 0 unspecified atom stereocenters. The van der Waals surface area contributed by atoms with Crippen LogP contribution in [0.4, 0.5) is 5.69 Å². The molecule has 1 aromatic carbocycles. The number of halogens is 1. The number of hydrogen-bond acceptors (Lipinski definition) is 4. The lowest BCUT2D eigenvalue weighted by atomic mass is 9.77. The van der Waals surface area contributed by atoms with Gasteiger partial charge in [0.1, 0.15) is 16.4 Å². The third kappa shape index (κ3) is 2.96. The molecular weight excluding hydrogens is 274 g/mol. The molecular formula is C12H12ClNO5. The zero-order chi connectivity index (χ0) is 14.0. The summed E-state index contributed by atoms with van der Waals surface area (Å²) in [4.78, 5) is 20.9. The van der Waals surface area contributed by atoms with Crippen LogP contribution in [0, 0.1) is 10.1 Å². The molecule has 1 aliphatic carbocycles. The Balaban J connectivity index is 2.17. The van der Waals surface area contributed by atoms with E-state index in [1.165, 1.54) is 18.2 Å². The summed E-state index contributed by atoms with van der Waals surface area (Å²) in [6.07, 6.45) is 2.15. The van der Waals surface area contributed by atoms with Gasteiger partial charge in [-0.05, 0) is 25.3 Å². The Hall–Kier alpha value is -1.82. The molecule has 0 aliphatic heterocycles. The van der Waals surface area contributed by atoms with Crippen LogP contribution in [0.1, 0.15) is 25.7 Å². The predicted molar refractivity (Wildman–Crippen MR) is 67.6 cm³/mol. The smallest absolute Gasteiger partial charge is 0.307 e. The van der Waals surface area contributed by atoms with Crippen molar-refractivity contribution in [2.24, 2.45) is 0 Å². The predicted octanol–water partition coefficient (Wildman–Crippen LogP) is 3.02. The van der Waals surface area contributed by atoms with Crippen molar-refractivity contribution in [3.8, 4) is 5.75 Å². The molecule has 0 radical (unpaired) electrons. The van der Waals surface area contributed by atoms with Gasteiger partial charge >= 0.3 is 5.97 Å². The average Bonchev–Trinajstić information content (AvgIpc) is 2.25. The molecule has 2 rings (SSSR count). The van der Waals surface area contributed by atoms with Crippen molar-refractivity contribution in [2.45, 2.75) is 31.3 Å². The third-order valence-corrected chi connectivity index (χ3v) is 3.49. The van der Waals surface area contributed by atoms with Gasteiger partial charge in [0.15, 0.2) is 0 Å². The molecule has 0 heterocycles. The number of nitro benzene ring substituents is 1. The Bertz CT molecular complexity index is 527. The lowest BCUT2D eigenvalue weighted by Gasteiger charge is -2.40. The highest BCUT2D eigenvalue weighted by Gasteiger charge is 2.41. The molecule has 0 amide bonds. The number of carbonyl (C=O) groups is 1. The first-order chi connectivity index (χ1) is 8.92. The quantitative estimate of drug-likeness (QED) is 0.663. The average molecular weight is 286 g/mol. The summed E-state index contributed by atoms with van der Waals surface area (Å²) in [5.74, 6) is -0.566. The molecule has 1 aliphatic rings. The van der Waals surface area contributed by atoms with E-state index in [-0.39, 0.29) is 17.1 Å². The zero-order valence-corrected chi connectivity index (χ0v) is 10.7. The largest absolute Gasteiger partial charge is 0.487 e. The first-order valence-corrected chi connectivity index (χ1v) is 6.14. The Kier molecular flexibility index (Phi) is 3.61. The topological polar surface area (TPSA) is 89.7 Å². The van der Waals surface area contributed by atoms with E-state index in [0.717, 1.165) is 6.42 Å². The van der Waals surface area contributed by atoms with Gasteiger partial charge in [0.25, 0.3) is 5.69 Å². The van der Waals surface area contributed by atoms with Crippen molar-refractivity contribution in [3.05, 3.63) is 33.3 Å².